The molecular weight excluding hydrogens is 328 g/mol. The lowest BCUT2D eigenvalue weighted by molar-refractivity contribution is -0.146. The standard InChI is InChI=1S/C21H28N2O3/c1-26-21(25)19-13-16-8-3-5-11-18(16)23(19)14-20(24)22-12-6-9-15-7-2-4-10-17(15)22/h2,4,7,10,16,18-19H,3,5-6,8-9,11-14H2,1H3. The molecule has 2 aliphatic heterocycles. The molecule has 1 saturated heterocycles. The molecule has 0 radical (unpaired) electrons. The van der Waals surface area contributed by atoms with Crippen LogP contribution in [0.2, 0.25) is 0 Å². The SMILES string of the molecule is COC(=O)C1CC2CCCCC2N1CC(=O)N1CCCc2ccccc21. The molecule has 0 N–H and O–H groups in total. The van der Waals surface area contributed by atoms with Crippen LogP contribution in [0.3, 0.4) is 0 Å². The summed E-state index contributed by atoms with van der Waals surface area (Å²) >= 11 is 0. The third kappa shape index (κ3) is 3.13. The molecule has 0 aromatic heterocycles. The maximum Gasteiger partial charge on any atom is 0.323 e. The van der Waals surface area contributed by atoms with Crippen LogP contribution < -0.4 is 4.90 Å². The number of hydrogen-bond donors (Lipinski definition) is 0. The highest BCUT2D eigenvalue weighted by Crippen LogP contribution is 2.40. The van der Waals surface area contributed by atoms with Crippen LogP contribution in [0.25, 0.3) is 0 Å². The molecule has 2 fully saturated rings. The van der Waals surface area contributed by atoms with E-state index in [1.165, 1.54) is 25.5 Å². The first-order chi connectivity index (χ1) is 12.7. The first-order valence-electron chi connectivity index (χ1n) is 9.91. The number of esters is 1. The van der Waals surface area contributed by atoms with E-state index in [4.69, 9.17) is 4.74 Å². The van der Waals surface area contributed by atoms with E-state index in [0.29, 0.717) is 18.5 Å². The molecule has 5 heteroatoms. The minimum Gasteiger partial charge on any atom is -0.468 e. The first kappa shape index (κ1) is 17.5. The van der Waals surface area contributed by atoms with E-state index in [1.807, 2.05) is 23.1 Å². The number of fused-ring (bicyclic) bond motifs is 2. The van der Waals surface area contributed by atoms with Crippen LogP contribution in [0.4, 0.5) is 5.69 Å². The molecule has 3 aliphatic rings. The van der Waals surface area contributed by atoms with E-state index in [-0.39, 0.29) is 17.9 Å². The number of nitrogens with zero attached hydrogens (tertiary/aromatic N) is 2. The van der Waals surface area contributed by atoms with Crippen LogP contribution in [0.15, 0.2) is 24.3 Å². The van der Waals surface area contributed by atoms with Crippen LogP contribution in [-0.2, 0) is 20.7 Å². The fourth-order valence-corrected chi connectivity index (χ4v) is 5.18. The topological polar surface area (TPSA) is 49.9 Å². The Kier molecular flexibility index (Phi) is 4.98. The molecule has 140 valence electrons. The Morgan fingerprint density at radius 1 is 1.15 bits per heavy atom. The summed E-state index contributed by atoms with van der Waals surface area (Å²) in [5.41, 5.74) is 2.28. The summed E-state index contributed by atoms with van der Waals surface area (Å²) in [5.74, 6) is 0.442. The number of carbonyl (C=O) groups is 2. The van der Waals surface area contributed by atoms with E-state index in [9.17, 15) is 9.59 Å². The highest BCUT2D eigenvalue weighted by molar-refractivity contribution is 5.96. The lowest BCUT2D eigenvalue weighted by Crippen LogP contribution is -2.49. The van der Waals surface area contributed by atoms with Crippen molar-refractivity contribution < 1.29 is 14.3 Å². The van der Waals surface area contributed by atoms with E-state index < -0.39 is 0 Å². The van der Waals surface area contributed by atoms with Crippen molar-refractivity contribution in [2.45, 2.75) is 57.0 Å². The zero-order valence-electron chi connectivity index (χ0n) is 15.5. The third-order valence-electron chi connectivity index (χ3n) is 6.42. The number of hydrogen-bond acceptors (Lipinski definition) is 4. The molecular formula is C21H28N2O3. The summed E-state index contributed by atoms with van der Waals surface area (Å²) in [4.78, 5) is 29.6. The van der Waals surface area contributed by atoms with Crippen molar-refractivity contribution in [3.63, 3.8) is 0 Å². The first-order valence-corrected chi connectivity index (χ1v) is 9.91. The lowest BCUT2D eigenvalue weighted by atomic mass is 9.85. The molecule has 0 spiro atoms. The summed E-state index contributed by atoms with van der Waals surface area (Å²) in [5, 5.41) is 0. The van der Waals surface area contributed by atoms with Crippen LogP contribution in [0.5, 0.6) is 0 Å². The second-order valence-electron chi connectivity index (χ2n) is 7.84. The van der Waals surface area contributed by atoms with Gasteiger partial charge in [0.1, 0.15) is 6.04 Å². The number of amides is 1. The van der Waals surface area contributed by atoms with Gasteiger partial charge in [-0.05, 0) is 49.7 Å². The molecule has 1 aliphatic carbocycles. The number of carbonyl (C=O) groups excluding carboxylic acids is 2. The predicted octanol–water partition coefficient (Wildman–Crippen LogP) is 2.77. The molecule has 4 rings (SSSR count). The Morgan fingerprint density at radius 2 is 1.96 bits per heavy atom. The molecule has 2 heterocycles. The second-order valence-corrected chi connectivity index (χ2v) is 7.84. The molecule has 3 atom stereocenters. The van der Waals surface area contributed by atoms with Gasteiger partial charge in [0, 0.05) is 18.3 Å². The Bertz CT molecular complexity index is 690. The number of anilines is 1. The molecule has 1 amide bonds. The van der Waals surface area contributed by atoms with Crippen LogP contribution >= 0.6 is 0 Å². The number of rotatable bonds is 3. The minimum absolute atomic E-state index is 0.109. The fraction of sp³-hybridized carbons (Fsp3) is 0.619. The molecule has 1 aromatic carbocycles. The Morgan fingerprint density at radius 3 is 2.81 bits per heavy atom. The molecule has 3 unspecified atom stereocenters. The summed E-state index contributed by atoms with van der Waals surface area (Å²) in [6.07, 6.45) is 7.52. The van der Waals surface area contributed by atoms with Crippen LogP contribution in [0.1, 0.15) is 44.1 Å². The Balaban J connectivity index is 1.54. The second kappa shape index (κ2) is 7.39. The highest BCUT2D eigenvalue weighted by Gasteiger charge is 2.46. The number of likely N-dealkylation sites (tertiary alicyclic amines) is 1. The van der Waals surface area contributed by atoms with Gasteiger partial charge >= 0.3 is 5.97 Å². The van der Waals surface area contributed by atoms with Crippen molar-refractivity contribution in [3.8, 4) is 0 Å². The summed E-state index contributed by atoms with van der Waals surface area (Å²) in [6, 6.07) is 8.26. The van der Waals surface area contributed by atoms with Gasteiger partial charge in [0.15, 0.2) is 0 Å². The zero-order chi connectivity index (χ0) is 18.1. The van der Waals surface area contributed by atoms with Crippen molar-refractivity contribution in [1.82, 2.24) is 4.90 Å². The highest BCUT2D eigenvalue weighted by atomic mass is 16.5. The number of methoxy groups -OCH3 is 1. The average Bonchev–Trinajstić information content (AvgIpc) is 3.05. The summed E-state index contributed by atoms with van der Waals surface area (Å²) < 4.78 is 5.05. The molecule has 1 saturated carbocycles. The van der Waals surface area contributed by atoms with Gasteiger partial charge < -0.3 is 9.64 Å². The zero-order valence-corrected chi connectivity index (χ0v) is 15.5. The molecule has 0 bridgehead atoms. The van der Waals surface area contributed by atoms with Crippen LogP contribution in [0, 0.1) is 5.92 Å². The van der Waals surface area contributed by atoms with E-state index in [1.54, 1.807) is 0 Å². The average molecular weight is 356 g/mol. The van der Waals surface area contributed by atoms with Crippen LogP contribution in [-0.4, -0.2) is 49.1 Å². The predicted molar refractivity (Wildman–Crippen MR) is 100.0 cm³/mol. The monoisotopic (exact) mass is 356 g/mol. The number of ether oxygens (including phenoxy) is 1. The van der Waals surface area contributed by atoms with Gasteiger partial charge in [-0.1, -0.05) is 31.0 Å². The van der Waals surface area contributed by atoms with E-state index in [2.05, 4.69) is 11.0 Å². The van der Waals surface area contributed by atoms with Crippen molar-refractivity contribution in [2.24, 2.45) is 5.92 Å². The summed E-state index contributed by atoms with van der Waals surface area (Å²) in [7, 11) is 1.45. The van der Waals surface area contributed by atoms with Gasteiger partial charge in [-0.3, -0.25) is 14.5 Å². The lowest BCUT2D eigenvalue weighted by Gasteiger charge is -2.35. The van der Waals surface area contributed by atoms with Gasteiger partial charge in [-0.15, -0.1) is 0 Å². The quantitative estimate of drug-likeness (QED) is 0.782. The number of para-hydroxylation sites is 1. The number of aryl methyl sites for hydroxylation is 1. The fourth-order valence-electron chi connectivity index (χ4n) is 5.18. The van der Waals surface area contributed by atoms with Gasteiger partial charge in [-0.25, -0.2) is 0 Å². The van der Waals surface area contributed by atoms with Gasteiger partial charge in [0.05, 0.1) is 13.7 Å². The third-order valence-corrected chi connectivity index (χ3v) is 6.42. The maximum atomic E-state index is 13.2. The largest absolute Gasteiger partial charge is 0.468 e. The van der Waals surface area contributed by atoms with Crippen molar-refractivity contribution >= 4 is 17.6 Å². The van der Waals surface area contributed by atoms with Crippen molar-refractivity contribution in [1.29, 1.82) is 0 Å². The van der Waals surface area contributed by atoms with Gasteiger partial charge in [-0.2, -0.15) is 0 Å². The normalized spacial score (nSPS) is 28.3. The molecule has 1 aromatic rings. The van der Waals surface area contributed by atoms with E-state index in [0.717, 1.165) is 44.3 Å². The Hall–Kier alpha value is -1.88. The van der Waals surface area contributed by atoms with Gasteiger partial charge in [0.25, 0.3) is 0 Å². The van der Waals surface area contributed by atoms with Crippen molar-refractivity contribution in [3.05, 3.63) is 29.8 Å². The van der Waals surface area contributed by atoms with Gasteiger partial charge in [0.2, 0.25) is 5.91 Å². The minimum atomic E-state index is -0.267. The maximum absolute atomic E-state index is 13.2. The molecule has 5 nitrogen and oxygen atoms in total. The smallest absolute Gasteiger partial charge is 0.323 e. The number of benzene rings is 1. The Labute approximate surface area is 155 Å². The molecule has 26 heavy (non-hydrogen) atoms. The summed E-state index contributed by atoms with van der Waals surface area (Å²) in [6.45, 7) is 1.08. The van der Waals surface area contributed by atoms with Crippen molar-refractivity contribution in [2.75, 3.05) is 25.1 Å². The van der Waals surface area contributed by atoms with E-state index >= 15 is 0 Å².